The van der Waals surface area contributed by atoms with Gasteiger partial charge in [-0.25, -0.2) is 0 Å². The number of rotatable bonds is 2. The molecule has 0 aromatic heterocycles. The molecule has 0 unspecified atom stereocenters. The first kappa shape index (κ1) is 13.6. The van der Waals surface area contributed by atoms with Gasteiger partial charge in [0.1, 0.15) is 11.6 Å². The summed E-state index contributed by atoms with van der Waals surface area (Å²) in [7, 11) is 3.59. The summed E-state index contributed by atoms with van der Waals surface area (Å²) < 4.78 is 5.13. The Hall–Kier alpha value is -1.84. The van der Waals surface area contributed by atoms with Crippen molar-refractivity contribution < 1.29 is 9.53 Å². The van der Waals surface area contributed by atoms with Gasteiger partial charge in [-0.15, -0.1) is 0 Å². The van der Waals surface area contributed by atoms with E-state index in [9.17, 15) is 4.79 Å². The standard InChI is InChI=1S/C15H20N2O2/c1-17-10-5-3-4-9-14(17)16-15(18)12-7-6-8-13(11-12)19-2/h6-8,11H,3-5,9-10H2,1-2H3. The molecular weight excluding hydrogens is 240 g/mol. The van der Waals surface area contributed by atoms with Crippen LogP contribution in [-0.4, -0.2) is 37.3 Å². The molecule has 1 saturated heterocycles. The average Bonchev–Trinajstić information content (AvgIpc) is 2.64. The Balaban J connectivity index is 2.18. The topological polar surface area (TPSA) is 41.9 Å². The highest BCUT2D eigenvalue weighted by molar-refractivity contribution is 6.03. The van der Waals surface area contributed by atoms with Gasteiger partial charge in [0.2, 0.25) is 0 Å². The quantitative estimate of drug-likeness (QED) is 0.821. The van der Waals surface area contributed by atoms with Crippen molar-refractivity contribution in [3.05, 3.63) is 29.8 Å². The largest absolute Gasteiger partial charge is 0.497 e. The van der Waals surface area contributed by atoms with E-state index < -0.39 is 0 Å². The van der Waals surface area contributed by atoms with E-state index in [1.165, 1.54) is 12.8 Å². The number of methoxy groups -OCH3 is 1. The second-order valence-corrected chi connectivity index (χ2v) is 4.80. The predicted octanol–water partition coefficient (Wildman–Crippen LogP) is 2.74. The number of aliphatic imine (C=N–C) groups is 1. The van der Waals surface area contributed by atoms with Crippen molar-refractivity contribution in [3.63, 3.8) is 0 Å². The lowest BCUT2D eigenvalue weighted by Gasteiger charge is -2.17. The molecule has 1 fully saturated rings. The number of likely N-dealkylation sites (tertiary alicyclic amines) is 1. The van der Waals surface area contributed by atoms with Gasteiger partial charge in [-0.1, -0.05) is 12.5 Å². The van der Waals surface area contributed by atoms with Crippen molar-refractivity contribution in [2.45, 2.75) is 25.7 Å². The van der Waals surface area contributed by atoms with Crippen molar-refractivity contribution in [2.24, 2.45) is 4.99 Å². The third-order valence-corrected chi connectivity index (χ3v) is 3.38. The van der Waals surface area contributed by atoms with Gasteiger partial charge in [-0.05, 0) is 31.0 Å². The highest BCUT2D eigenvalue weighted by Gasteiger charge is 2.13. The number of amides is 1. The van der Waals surface area contributed by atoms with Crippen molar-refractivity contribution in [3.8, 4) is 5.75 Å². The molecule has 4 heteroatoms. The Labute approximate surface area is 114 Å². The fourth-order valence-electron chi connectivity index (χ4n) is 2.21. The second-order valence-electron chi connectivity index (χ2n) is 4.80. The molecular formula is C15H20N2O2. The van der Waals surface area contributed by atoms with E-state index in [2.05, 4.69) is 9.89 Å². The molecule has 0 spiro atoms. The third kappa shape index (κ3) is 3.56. The van der Waals surface area contributed by atoms with Gasteiger partial charge >= 0.3 is 0 Å². The maximum atomic E-state index is 12.2. The minimum Gasteiger partial charge on any atom is -0.497 e. The highest BCUT2D eigenvalue weighted by atomic mass is 16.5. The number of ether oxygens (including phenoxy) is 1. The zero-order chi connectivity index (χ0) is 13.7. The maximum absolute atomic E-state index is 12.2. The summed E-state index contributed by atoms with van der Waals surface area (Å²) >= 11 is 0. The average molecular weight is 260 g/mol. The van der Waals surface area contributed by atoms with Gasteiger partial charge < -0.3 is 9.64 Å². The molecule has 0 aliphatic carbocycles. The number of carbonyl (C=O) groups excluding carboxylic acids is 1. The van der Waals surface area contributed by atoms with Gasteiger partial charge in [-0.2, -0.15) is 4.99 Å². The zero-order valence-electron chi connectivity index (χ0n) is 11.6. The summed E-state index contributed by atoms with van der Waals surface area (Å²) in [4.78, 5) is 18.5. The lowest BCUT2D eigenvalue weighted by molar-refractivity contribution is 0.100. The first-order valence-electron chi connectivity index (χ1n) is 6.68. The van der Waals surface area contributed by atoms with E-state index in [1.54, 1.807) is 19.2 Å². The molecule has 1 aliphatic heterocycles. The number of carbonyl (C=O) groups is 1. The normalized spacial score (nSPS) is 18.2. The highest BCUT2D eigenvalue weighted by Crippen LogP contribution is 2.15. The molecule has 0 bridgehead atoms. The Morgan fingerprint density at radius 3 is 2.95 bits per heavy atom. The van der Waals surface area contributed by atoms with Crippen LogP contribution in [0.5, 0.6) is 5.75 Å². The molecule has 1 amide bonds. The number of nitrogens with zero attached hydrogens (tertiary/aromatic N) is 2. The van der Waals surface area contributed by atoms with Crippen molar-refractivity contribution in [1.82, 2.24) is 4.90 Å². The van der Waals surface area contributed by atoms with Gasteiger partial charge in [0.05, 0.1) is 7.11 Å². The first-order valence-corrected chi connectivity index (χ1v) is 6.68. The van der Waals surface area contributed by atoms with Gasteiger partial charge in [0, 0.05) is 25.6 Å². The van der Waals surface area contributed by atoms with Gasteiger partial charge in [0.25, 0.3) is 5.91 Å². The molecule has 1 heterocycles. The van der Waals surface area contributed by atoms with E-state index in [4.69, 9.17) is 4.74 Å². The molecule has 0 saturated carbocycles. The summed E-state index contributed by atoms with van der Waals surface area (Å²) in [5.74, 6) is 1.38. The number of hydrogen-bond donors (Lipinski definition) is 0. The number of benzene rings is 1. The van der Waals surface area contributed by atoms with Gasteiger partial charge in [0.15, 0.2) is 0 Å². The number of hydrogen-bond acceptors (Lipinski definition) is 2. The second kappa shape index (κ2) is 6.36. The summed E-state index contributed by atoms with van der Waals surface area (Å²) in [6.45, 7) is 0.976. The van der Waals surface area contributed by atoms with E-state index >= 15 is 0 Å². The minimum atomic E-state index is -0.192. The lowest BCUT2D eigenvalue weighted by Crippen LogP contribution is -2.26. The van der Waals surface area contributed by atoms with Crippen LogP contribution in [0.3, 0.4) is 0 Å². The van der Waals surface area contributed by atoms with Crippen LogP contribution in [0.1, 0.15) is 36.0 Å². The van der Waals surface area contributed by atoms with Crippen molar-refractivity contribution >= 4 is 11.7 Å². The molecule has 1 aromatic rings. The van der Waals surface area contributed by atoms with Crippen LogP contribution in [0.25, 0.3) is 0 Å². The molecule has 19 heavy (non-hydrogen) atoms. The molecule has 102 valence electrons. The molecule has 0 atom stereocenters. The Morgan fingerprint density at radius 1 is 1.32 bits per heavy atom. The Morgan fingerprint density at radius 2 is 2.16 bits per heavy atom. The first-order chi connectivity index (χ1) is 9.20. The predicted molar refractivity (Wildman–Crippen MR) is 75.9 cm³/mol. The summed E-state index contributed by atoms with van der Waals surface area (Å²) in [6.07, 6.45) is 4.36. The fraction of sp³-hybridized carbons (Fsp3) is 0.467. The van der Waals surface area contributed by atoms with Crippen LogP contribution in [-0.2, 0) is 0 Å². The summed E-state index contributed by atoms with van der Waals surface area (Å²) in [5.41, 5.74) is 0.574. The monoisotopic (exact) mass is 260 g/mol. The molecule has 1 aliphatic rings. The van der Waals surface area contributed by atoms with Crippen LogP contribution in [0.4, 0.5) is 0 Å². The Bertz CT molecular complexity index is 483. The molecule has 2 rings (SSSR count). The van der Waals surface area contributed by atoms with Crippen LogP contribution < -0.4 is 4.74 Å². The molecule has 1 aromatic carbocycles. The van der Waals surface area contributed by atoms with Crippen LogP contribution in [0.15, 0.2) is 29.3 Å². The zero-order valence-corrected chi connectivity index (χ0v) is 11.6. The van der Waals surface area contributed by atoms with Gasteiger partial charge in [-0.3, -0.25) is 4.79 Å². The third-order valence-electron chi connectivity index (χ3n) is 3.38. The van der Waals surface area contributed by atoms with E-state index in [0.717, 1.165) is 25.2 Å². The van der Waals surface area contributed by atoms with E-state index in [1.807, 2.05) is 19.2 Å². The maximum Gasteiger partial charge on any atom is 0.278 e. The number of amidine groups is 1. The molecule has 0 N–H and O–H groups in total. The summed E-state index contributed by atoms with van der Waals surface area (Å²) in [6, 6.07) is 7.12. The Kier molecular flexibility index (Phi) is 4.55. The van der Waals surface area contributed by atoms with Crippen molar-refractivity contribution in [2.75, 3.05) is 20.7 Å². The molecule has 0 radical (unpaired) electrons. The van der Waals surface area contributed by atoms with Crippen LogP contribution >= 0.6 is 0 Å². The van der Waals surface area contributed by atoms with Crippen LogP contribution in [0, 0.1) is 0 Å². The minimum absolute atomic E-state index is 0.192. The smallest absolute Gasteiger partial charge is 0.278 e. The lowest BCUT2D eigenvalue weighted by atomic mass is 10.2. The fourth-order valence-corrected chi connectivity index (χ4v) is 2.21. The van der Waals surface area contributed by atoms with Crippen molar-refractivity contribution in [1.29, 1.82) is 0 Å². The molecule has 4 nitrogen and oxygen atoms in total. The summed E-state index contributed by atoms with van der Waals surface area (Å²) in [5, 5.41) is 0. The van der Waals surface area contributed by atoms with Crippen LogP contribution in [0.2, 0.25) is 0 Å². The SMILES string of the molecule is COc1cccc(C(=O)N=C2CCCCCN2C)c1. The van der Waals surface area contributed by atoms with E-state index in [0.29, 0.717) is 11.3 Å². The van der Waals surface area contributed by atoms with E-state index in [-0.39, 0.29) is 5.91 Å².